The minimum atomic E-state index is -0.138. The molecule has 1 heterocycles. The smallest absolute Gasteiger partial charge is 0.234 e. The summed E-state index contributed by atoms with van der Waals surface area (Å²) in [5.74, 6) is 3.45. The largest absolute Gasteiger partial charge is 0.339 e. The Kier molecular flexibility index (Phi) is 5.98. The molecule has 0 aliphatic carbocycles. The maximum atomic E-state index is 5.86. The highest BCUT2D eigenvalue weighted by atomic mass is 32.2. The van der Waals surface area contributed by atoms with Crippen LogP contribution in [0.4, 0.5) is 0 Å². The van der Waals surface area contributed by atoms with E-state index in [-0.39, 0.29) is 5.41 Å². The first kappa shape index (κ1) is 14.5. The van der Waals surface area contributed by atoms with E-state index in [1.165, 1.54) is 6.42 Å². The molecule has 0 saturated carbocycles. The topological polar surface area (TPSA) is 64.9 Å². The minimum Gasteiger partial charge on any atom is -0.339 e. The number of aromatic nitrogens is 2. The lowest BCUT2D eigenvalue weighted by Crippen LogP contribution is -2.34. The van der Waals surface area contributed by atoms with Gasteiger partial charge in [-0.2, -0.15) is 16.7 Å². The Hall–Kier alpha value is -0.550. The van der Waals surface area contributed by atoms with Gasteiger partial charge in [0, 0.05) is 6.54 Å². The van der Waals surface area contributed by atoms with E-state index in [4.69, 9.17) is 10.3 Å². The molecule has 98 valence electrons. The van der Waals surface area contributed by atoms with Crippen molar-refractivity contribution in [2.45, 2.75) is 51.2 Å². The number of nitrogens with zero attached hydrogens (tertiary/aromatic N) is 2. The fourth-order valence-corrected chi connectivity index (χ4v) is 2.50. The second-order valence-corrected chi connectivity index (χ2v) is 5.37. The summed E-state index contributed by atoms with van der Waals surface area (Å²) >= 11 is 1.84. The second kappa shape index (κ2) is 7.01. The van der Waals surface area contributed by atoms with E-state index in [1.807, 2.05) is 11.8 Å². The average molecular weight is 257 g/mol. The van der Waals surface area contributed by atoms with Crippen molar-refractivity contribution in [3.63, 3.8) is 0 Å². The lowest BCUT2D eigenvalue weighted by atomic mass is 9.82. The molecule has 1 aromatic rings. The second-order valence-electron chi connectivity index (χ2n) is 4.26. The first-order chi connectivity index (χ1) is 8.22. The maximum absolute atomic E-state index is 5.86. The van der Waals surface area contributed by atoms with Crippen LogP contribution in [0.1, 0.15) is 51.7 Å². The third-order valence-corrected chi connectivity index (χ3v) is 4.40. The Morgan fingerprint density at radius 2 is 2.00 bits per heavy atom. The molecule has 0 fully saturated rings. The van der Waals surface area contributed by atoms with Gasteiger partial charge in [0.2, 0.25) is 5.89 Å². The maximum Gasteiger partial charge on any atom is 0.234 e. The summed E-state index contributed by atoms with van der Waals surface area (Å²) in [6.45, 7) is 6.96. The molecule has 5 heteroatoms. The van der Waals surface area contributed by atoms with Crippen LogP contribution < -0.4 is 5.73 Å². The van der Waals surface area contributed by atoms with Crippen LogP contribution in [0.15, 0.2) is 4.52 Å². The molecule has 17 heavy (non-hydrogen) atoms. The van der Waals surface area contributed by atoms with Crippen molar-refractivity contribution >= 4 is 11.8 Å². The summed E-state index contributed by atoms with van der Waals surface area (Å²) in [5.41, 5.74) is 5.72. The molecule has 0 radical (unpaired) electrons. The molecule has 0 saturated heterocycles. The van der Waals surface area contributed by atoms with Crippen molar-refractivity contribution in [2.24, 2.45) is 5.73 Å². The normalized spacial score (nSPS) is 12.0. The molecule has 0 aliphatic heterocycles. The number of thioether (sulfide) groups is 1. The molecule has 0 unspecified atom stereocenters. The quantitative estimate of drug-likeness (QED) is 0.725. The van der Waals surface area contributed by atoms with Gasteiger partial charge in [0.15, 0.2) is 5.82 Å². The molecule has 0 spiro atoms. The van der Waals surface area contributed by atoms with Crippen molar-refractivity contribution in [3.05, 3.63) is 11.7 Å². The number of hydrogen-bond acceptors (Lipinski definition) is 5. The number of nitrogens with two attached hydrogens (primary N) is 1. The zero-order chi connectivity index (χ0) is 12.7. The van der Waals surface area contributed by atoms with Crippen molar-refractivity contribution in [1.29, 1.82) is 0 Å². The fourth-order valence-electron chi connectivity index (χ4n) is 1.76. The van der Waals surface area contributed by atoms with Gasteiger partial charge in [-0.3, -0.25) is 0 Å². The molecule has 0 amide bonds. The first-order valence-corrected chi connectivity index (χ1v) is 7.48. The third kappa shape index (κ3) is 3.45. The fraction of sp³-hybridized carbons (Fsp3) is 0.833. The summed E-state index contributed by atoms with van der Waals surface area (Å²) in [5, 5.41) is 4.04. The SMILES string of the molecule is CCCSCc1noc(C(CC)(CC)CN)n1. The zero-order valence-corrected chi connectivity index (χ0v) is 11.8. The van der Waals surface area contributed by atoms with Crippen LogP contribution in [0.25, 0.3) is 0 Å². The van der Waals surface area contributed by atoms with E-state index in [1.54, 1.807) is 0 Å². The van der Waals surface area contributed by atoms with Crippen LogP contribution in [0.5, 0.6) is 0 Å². The van der Waals surface area contributed by atoms with Crippen molar-refractivity contribution in [1.82, 2.24) is 10.1 Å². The van der Waals surface area contributed by atoms with Crippen LogP contribution in [0.2, 0.25) is 0 Å². The molecule has 2 N–H and O–H groups in total. The van der Waals surface area contributed by atoms with E-state index in [9.17, 15) is 0 Å². The van der Waals surface area contributed by atoms with Crippen LogP contribution in [0, 0.1) is 0 Å². The van der Waals surface area contributed by atoms with E-state index in [0.717, 1.165) is 30.2 Å². The van der Waals surface area contributed by atoms with Gasteiger partial charge in [-0.1, -0.05) is 25.9 Å². The highest BCUT2D eigenvalue weighted by Crippen LogP contribution is 2.29. The molecule has 0 atom stereocenters. The summed E-state index contributed by atoms with van der Waals surface area (Å²) in [4.78, 5) is 4.49. The van der Waals surface area contributed by atoms with Crippen LogP contribution in [-0.4, -0.2) is 22.4 Å². The Morgan fingerprint density at radius 1 is 1.29 bits per heavy atom. The number of rotatable bonds is 8. The monoisotopic (exact) mass is 257 g/mol. The van der Waals surface area contributed by atoms with E-state index < -0.39 is 0 Å². The van der Waals surface area contributed by atoms with Gasteiger partial charge in [0.25, 0.3) is 0 Å². The predicted molar refractivity (Wildman–Crippen MR) is 72.1 cm³/mol. The lowest BCUT2D eigenvalue weighted by Gasteiger charge is -2.24. The van der Waals surface area contributed by atoms with Gasteiger partial charge >= 0.3 is 0 Å². The zero-order valence-electron chi connectivity index (χ0n) is 11.0. The predicted octanol–water partition coefficient (Wildman–Crippen LogP) is 2.73. The van der Waals surface area contributed by atoms with Crippen LogP contribution in [0.3, 0.4) is 0 Å². The Morgan fingerprint density at radius 3 is 2.53 bits per heavy atom. The highest BCUT2D eigenvalue weighted by molar-refractivity contribution is 7.98. The van der Waals surface area contributed by atoms with Gasteiger partial charge in [-0.05, 0) is 25.0 Å². The Balaban J connectivity index is 2.71. The molecule has 0 bridgehead atoms. The van der Waals surface area contributed by atoms with Crippen molar-refractivity contribution in [3.8, 4) is 0 Å². The van der Waals surface area contributed by atoms with Crippen LogP contribution in [-0.2, 0) is 11.2 Å². The molecular formula is C12H23N3OS. The molecule has 4 nitrogen and oxygen atoms in total. The summed E-state index contributed by atoms with van der Waals surface area (Å²) in [7, 11) is 0. The van der Waals surface area contributed by atoms with Crippen molar-refractivity contribution in [2.75, 3.05) is 12.3 Å². The molecule has 1 rings (SSSR count). The van der Waals surface area contributed by atoms with Gasteiger partial charge in [0.1, 0.15) is 0 Å². The summed E-state index contributed by atoms with van der Waals surface area (Å²) in [6, 6.07) is 0. The van der Waals surface area contributed by atoms with Gasteiger partial charge in [-0.25, -0.2) is 0 Å². The average Bonchev–Trinajstić information content (AvgIpc) is 2.82. The van der Waals surface area contributed by atoms with Gasteiger partial charge in [-0.15, -0.1) is 0 Å². The van der Waals surface area contributed by atoms with Gasteiger partial charge in [0.05, 0.1) is 11.2 Å². The minimum absolute atomic E-state index is 0.138. The Bertz CT molecular complexity index is 315. The van der Waals surface area contributed by atoms with Crippen molar-refractivity contribution < 1.29 is 4.52 Å². The third-order valence-electron chi connectivity index (χ3n) is 3.25. The van der Waals surface area contributed by atoms with E-state index in [0.29, 0.717) is 12.4 Å². The molecular weight excluding hydrogens is 234 g/mol. The first-order valence-electron chi connectivity index (χ1n) is 6.33. The summed E-state index contributed by atoms with van der Waals surface area (Å²) < 4.78 is 5.38. The van der Waals surface area contributed by atoms with Gasteiger partial charge < -0.3 is 10.3 Å². The van der Waals surface area contributed by atoms with E-state index in [2.05, 4.69) is 30.9 Å². The van der Waals surface area contributed by atoms with E-state index >= 15 is 0 Å². The Labute approximate surface area is 108 Å². The summed E-state index contributed by atoms with van der Waals surface area (Å²) in [6.07, 6.45) is 3.04. The lowest BCUT2D eigenvalue weighted by molar-refractivity contribution is 0.266. The molecule has 0 aromatic carbocycles. The standard InChI is InChI=1S/C12H23N3OS/c1-4-7-17-8-10-14-11(16-15-10)12(5-2,6-3)9-13/h4-9,13H2,1-3H3. The molecule has 1 aromatic heterocycles. The highest BCUT2D eigenvalue weighted by Gasteiger charge is 2.33. The number of hydrogen-bond donors (Lipinski definition) is 1. The van der Waals surface area contributed by atoms with Crippen LogP contribution >= 0.6 is 11.8 Å². The molecule has 0 aliphatic rings.